The van der Waals surface area contributed by atoms with Crippen LogP contribution < -0.4 is 5.32 Å². The Hall–Kier alpha value is -4.22. The number of hydrogen-bond donors (Lipinski definition) is 2. The molecule has 1 fully saturated rings. The lowest BCUT2D eigenvalue weighted by atomic mass is 9.93. The summed E-state index contributed by atoms with van der Waals surface area (Å²) in [5, 5.41) is 16.7. The molecular weight excluding hydrogens is 483 g/mol. The lowest BCUT2D eigenvalue weighted by Crippen LogP contribution is -2.28. The van der Waals surface area contributed by atoms with E-state index in [1.165, 1.54) is 30.5 Å². The number of nitrogens with zero attached hydrogens (tertiary/aromatic N) is 4. The maximum atomic E-state index is 13.2. The molecule has 1 amide bonds. The highest BCUT2D eigenvalue weighted by Crippen LogP contribution is 2.49. The van der Waals surface area contributed by atoms with Crippen LogP contribution in [-0.4, -0.2) is 31.5 Å². The van der Waals surface area contributed by atoms with Gasteiger partial charge in [-0.1, -0.05) is 24.3 Å². The molecule has 2 aromatic heterocycles. The average molecular weight is 500 g/mol. The summed E-state index contributed by atoms with van der Waals surface area (Å²) in [6.07, 6.45) is -4.85. The van der Waals surface area contributed by atoms with Gasteiger partial charge >= 0.3 is 6.18 Å². The number of tetrazole rings is 1. The van der Waals surface area contributed by atoms with Gasteiger partial charge in [0.25, 0.3) is 6.43 Å². The number of carbonyl (C=O) groups is 1. The third-order valence-corrected chi connectivity index (χ3v) is 6.13. The van der Waals surface area contributed by atoms with Gasteiger partial charge in [-0.2, -0.15) is 18.4 Å². The van der Waals surface area contributed by atoms with E-state index in [4.69, 9.17) is 0 Å². The van der Waals surface area contributed by atoms with E-state index in [0.717, 1.165) is 12.1 Å². The van der Waals surface area contributed by atoms with E-state index in [-0.39, 0.29) is 17.4 Å². The number of anilines is 1. The van der Waals surface area contributed by atoms with Crippen LogP contribution in [0.3, 0.4) is 0 Å². The van der Waals surface area contributed by atoms with E-state index >= 15 is 0 Å². The summed E-state index contributed by atoms with van der Waals surface area (Å²) in [5.74, 6) is -0.139. The number of aromatic nitrogens is 5. The summed E-state index contributed by atoms with van der Waals surface area (Å²) < 4.78 is 64.5. The number of aromatic amines is 1. The number of amides is 1. The Balaban J connectivity index is 1.43. The molecule has 2 heterocycles. The molecule has 0 spiro atoms. The highest BCUT2D eigenvalue weighted by molar-refractivity contribution is 6.02. The molecule has 0 atom stereocenters. The number of rotatable bonds is 6. The topological polar surface area (TPSA) is 96.5 Å². The van der Waals surface area contributed by atoms with Gasteiger partial charge in [-0.15, -0.1) is 10.2 Å². The molecule has 4 aromatic rings. The van der Waals surface area contributed by atoms with Crippen molar-refractivity contribution in [1.29, 1.82) is 0 Å². The molecule has 1 aliphatic carbocycles. The summed E-state index contributed by atoms with van der Waals surface area (Å²) in [6, 6.07) is 12.2. The van der Waals surface area contributed by atoms with Crippen molar-refractivity contribution in [3.8, 4) is 22.5 Å². The average Bonchev–Trinajstić information content (AvgIpc) is 3.50. The van der Waals surface area contributed by atoms with E-state index in [1.54, 1.807) is 18.2 Å². The van der Waals surface area contributed by atoms with Crippen LogP contribution in [0, 0.1) is 0 Å². The molecule has 184 valence electrons. The fraction of sp³-hybridized carbons (Fsp3) is 0.208. The zero-order valence-corrected chi connectivity index (χ0v) is 18.4. The van der Waals surface area contributed by atoms with Crippen molar-refractivity contribution in [3.05, 3.63) is 77.6 Å². The lowest BCUT2D eigenvalue weighted by Gasteiger charge is -2.18. The summed E-state index contributed by atoms with van der Waals surface area (Å²) in [4.78, 5) is 17.0. The Morgan fingerprint density at radius 3 is 2.31 bits per heavy atom. The van der Waals surface area contributed by atoms with Gasteiger partial charge in [-0.25, -0.2) is 8.78 Å². The van der Waals surface area contributed by atoms with Crippen LogP contribution in [-0.2, 0) is 16.4 Å². The van der Waals surface area contributed by atoms with Crippen LogP contribution >= 0.6 is 0 Å². The molecule has 5 rings (SSSR count). The van der Waals surface area contributed by atoms with Gasteiger partial charge in [0.15, 0.2) is 0 Å². The molecule has 7 nitrogen and oxygen atoms in total. The largest absolute Gasteiger partial charge is 0.416 e. The molecule has 0 radical (unpaired) electrons. The predicted molar refractivity (Wildman–Crippen MR) is 119 cm³/mol. The quantitative estimate of drug-likeness (QED) is 0.338. The fourth-order valence-corrected chi connectivity index (χ4v) is 4.03. The smallest absolute Gasteiger partial charge is 0.325 e. The van der Waals surface area contributed by atoms with Gasteiger partial charge in [0.2, 0.25) is 11.7 Å². The van der Waals surface area contributed by atoms with E-state index < -0.39 is 23.6 Å². The van der Waals surface area contributed by atoms with Crippen LogP contribution in [0.2, 0.25) is 0 Å². The highest BCUT2D eigenvalue weighted by atomic mass is 19.4. The molecular formula is C24H17F5N6O. The van der Waals surface area contributed by atoms with Crippen molar-refractivity contribution in [1.82, 2.24) is 25.6 Å². The second kappa shape index (κ2) is 8.77. The number of nitrogens with one attached hydrogen (secondary N) is 2. The molecule has 0 saturated heterocycles. The Morgan fingerprint density at radius 1 is 1.00 bits per heavy atom. The lowest BCUT2D eigenvalue weighted by molar-refractivity contribution is -0.137. The Labute approximate surface area is 200 Å². The van der Waals surface area contributed by atoms with Gasteiger partial charge < -0.3 is 5.32 Å². The molecule has 0 bridgehead atoms. The monoisotopic (exact) mass is 500 g/mol. The fourth-order valence-electron chi connectivity index (χ4n) is 4.03. The number of H-pyrrole nitrogens is 1. The summed E-state index contributed by atoms with van der Waals surface area (Å²) in [7, 11) is 0. The zero-order valence-electron chi connectivity index (χ0n) is 18.4. The third-order valence-electron chi connectivity index (χ3n) is 6.13. The molecule has 0 aliphatic heterocycles. The number of halogens is 5. The van der Waals surface area contributed by atoms with Crippen LogP contribution in [0.4, 0.5) is 27.6 Å². The number of alkyl halides is 5. The van der Waals surface area contributed by atoms with Gasteiger partial charge in [0, 0.05) is 23.0 Å². The maximum absolute atomic E-state index is 13.2. The van der Waals surface area contributed by atoms with Gasteiger partial charge in [0.05, 0.1) is 11.0 Å². The van der Waals surface area contributed by atoms with Crippen LogP contribution in [0.25, 0.3) is 22.5 Å². The third kappa shape index (κ3) is 4.41. The first-order chi connectivity index (χ1) is 17.2. The van der Waals surface area contributed by atoms with Crippen LogP contribution in [0.1, 0.15) is 36.1 Å². The molecule has 2 aromatic carbocycles. The van der Waals surface area contributed by atoms with Crippen molar-refractivity contribution < 1.29 is 26.7 Å². The van der Waals surface area contributed by atoms with Crippen molar-refractivity contribution in [2.75, 3.05) is 5.32 Å². The molecule has 2 N–H and O–H groups in total. The van der Waals surface area contributed by atoms with E-state index in [2.05, 4.69) is 30.9 Å². The molecule has 0 unspecified atom stereocenters. The van der Waals surface area contributed by atoms with Crippen molar-refractivity contribution >= 4 is 11.6 Å². The first-order valence-electron chi connectivity index (χ1n) is 10.8. The second-order valence-electron chi connectivity index (χ2n) is 8.38. The normalized spacial score (nSPS) is 14.6. The van der Waals surface area contributed by atoms with E-state index in [9.17, 15) is 26.7 Å². The SMILES string of the molecule is O=C(Nc1ccc(-c2ccc(C(F)F)nc2)c(-c2nn[nH]n2)c1)C1(c2ccc(C(F)(F)F)cc2)CC1. The minimum Gasteiger partial charge on any atom is -0.325 e. The number of pyridine rings is 1. The summed E-state index contributed by atoms with van der Waals surface area (Å²) in [5.41, 5.74) is 0.428. The molecule has 12 heteroatoms. The highest BCUT2D eigenvalue weighted by Gasteiger charge is 2.51. The van der Waals surface area contributed by atoms with E-state index in [0.29, 0.717) is 40.8 Å². The second-order valence-corrected chi connectivity index (χ2v) is 8.38. The summed E-state index contributed by atoms with van der Waals surface area (Å²) >= 11 is 0. The Morgan fingerprint density at radius 2 is 1.75 bits per heavy atom. The Bertz CT molecular complexity index is 1380. The molecule has 1 aliphatic rings. The van der Waals surface area contributed by atoms with Gasteiger partial charge in [-0.3, -0.25) is 9.78 Å². The van der Waals surface area contributed by atoms with Crippen molar-refractivity contribution in [2.45, 2.75) is 30.9 Å². The zero-order chi connectivity index (χ0) is 25.5. The number of carbonyl (C=O) groups excluding carboxylic acids is 1. The van der Waals surface area contributed by atoms with E-state index in [1.807, 2.05) is 0 Å². The maximum Gasteiger partial charge on any atom is 0.416 e. The minimum atomic E-state index is -4.46. The summed E-state index contributed by atoms with van der Waals surface area (Å²) in [6.45, 7) is 0. The predicted octanol–water partition coefficient (Wildman–Crippen LogP) is 5.56. The van der Waals surface area contributed by atoms with Crippen LogP contribution in [0.15, 0.2) is 60.8 Å². The first kappa shape index (κ1) is 23.5. The Kier molecular flexibility index (Phi) is 5.73. The van der Waals surface area contributed by atoms with Crippen molar-refractivity contribution in [2.24, 2.45) is 0 Å². The van der Waals surface area contributed by atoms with Gasteiger partial charge in [0.1, 0.15) is 5.69 Å². The van der Waals surface area contributed by atoms with Gasteiger partial charge in [-0.05, 0) is 59.5 Å². The van der Waals surface area contributed by atoms with Crippen LogP contribution in [0.5, 0.6) is 0 Å². The molecule has 36 heavy (non-hydrogen) atoms. The minimum absolute atomic E-state index is 0.211. The molecule has 1 saturated carbocycles. The van der Waals surface area contributed by atoms with Crippen molar-refractivity contribution in [3.63, 3.8) is 0 Å². The number of benzene rings is 2. The first-order valence-corrected chi connectivity index (χ1v) is 10.8. The standard InChI is InChI=1S/C24H17F5N6O/c25-20(26)19-8-1-13(12-30-19)17-7-6-16(11-18(17)21-32-34-35-33-21)31-22(36)23(9-10-23)14-2-4-15(5-3-14)24(27,28)29/h1-8,11-12,20H,9-10H2,(H,31,36)(H,32,33,34,35). The number of hydrogen-bond acceptors (Lipinski definition) is 5.